The van der Waals surface area contributed by atoms with Gasteiger partial charge in [-0.15, -0.1) is 0 Å². The molecule has 172 valence electrons. The normalized spacial score (nSPS) is 22.3. The number of carbonyl (C=O) groups excluding carboxylic acids is 4. The summed E-state index contributed by atoms with van der Waals surface area (Å²) in [6.45, 7) is 2.99. The summed E-state index contributed by atoms with van der Waals surface area (Å²) in [7, 11) is 0. The first-order chi connectivity index (χ1) is 16.3. The number of carbonyl (C=O) groups is 4. The van der Waals surface area contributed by atoms with Gasteiger partial charge in [0.1, 0.15) is 12.1 Å². The number of benzene rings is 3. The van der Waals surface area contributed by atoms with Crippen molar-refractivity contribution in [1.29, 1.82) is 0 Å². The van der Waals surface area contributed by atoms with Crippen LogP contribution in [-0.2, 0) is 19.9 Å². The van der Waals surface area contributed by atoms with Crippen LogP contribution in [0.15, 0.2) is 66.7 Å². The van der Waals surface area contributed by atoms with E-state index in [1.807, 2.05) is 42.5 Å². The minimum absolute atomic E-state index is 0.107. The van der Waals surface area contributed by atoms with E-state index >= 15 is 0 Å². The monoisotopic (exact) mass is 456 g/mol. The fourth-order valence-electron chi connectivity index (χ4n) is 4.72. The van der Waals surface area contributed by atoms with Crippen molar-refractivity contribution < 1.29 is 19.2 Å². The van der Waals surface area contributed by atoms with Gasteiger partial charge >= 0.3 is 6.03 Å². The summed E-state index contributed by atoms with van der Waals surface area (Å²) in [6, 6.07) is 19.3. The Labute approximate surface area is 196 Å². The molecule has 1 saturated heterocycles. The first kappa shape index (κ1) is 21.6. The van der Waals surface area contributed by atoms with E-state index in [4.69, 9.17) is 0 Å². The number of hydrogen-bond acceptors (Lipinski definition) is 4. The lowest BCUT2D eigenvalue weighted by atomic mass is 9.90. The number of rotatable bonds is 3. The summed E-state index contributed by atoms with van der Waals surface area (Å²) >= 11 is 0. The molecule has 0 aliphatic carbocycles. The predicted octanol–water partition coefficient (Wildman–Crippen LogP) is 3.37. The van der Waals surface area contributed by atoms with E-state index < -0.39 is 36.0 Å². The first-order valence-corrected chi connectivity index (χ1v) is 11.1. The third kappa shape index (κ3) is 3.48. The summed E-state index contributed by atoms with van der Waals surface area (Å²) in [5.41, 5.74) is 0.405. The highest BCUT2D eigenvalue weighted by Crippen LogP contribution is 2.33. The third-order valence-corrected chi connectivity index (χ3v) is 6.52. The van der Waals surface area contributed by atoms with Crippen molar-refractivity contribution in [2.45, 2.75) is 31.8 Å². The van der Waals surface area contributed by atoms with Gasteiger partial charge in [0, 0.05) is 12.5 Å². The van der Waals surface area contributed by atoms with Gasteiger partial charge in [-0.25, -0.2) is 4.79 Å². The smallest absolute Gasteiger partial charge is 0.324 e. The Bertz CT molecular complexity index is 1350. The van der Waals surface area contributed by atoms with Crippen LogP contribution in [0.3, 0.4) is 0 Å². The van der Waals surface area contributed by atoms with E-state index in [0.717, 1.165) is 15.7 Å². The molecule has 8 heteroatoms. The second kappa shape index (κ2) is 7.98. The number of para-hydroxylation sites is 2. The Hall–Kier alpha value is -4.20. The van der Waals surface area contributed by atoms with Crippen molar-refractivity contribution in [3.05, 3.63) is 72.3 Å². The van der Waals surface area contributed by atoms with Crippen LogP contribution in [0.5, 0.6) is 0 Å². The van der Waals surface area contributed by atoms with Crippen molar-refractivity contribution in [2.75, 3.05) is 16.8 Å². The average Bonchev–Trinajstić information content (AvgIpc) is 2.95. The molecule has 2 aliphatic rings. The molecule has 2 atom stereocenters. The predicted molar refractivity (Wildman–Crippen MR) is 128 cm³/mol. The van der Waals surface area contributed by atoms with E-state index in [0.29, 0.717) is 16.9 Å². The maximum atomic E-state index is 13.4. The number of nitrogens with one attached hydrogen (secondary N) is 2. The van der Waals surface area contributed by atoms with Gasteiger partial charge in [-0.3, -0.25) is 19.3 Å². The molecule has 0 bridgehead atoms. The number of anilines is 2. The minimum atomic E-state index is -1.29. The van der Waals surface area contributed by atoms with Crippen LogP contribution in [0.2, 0.25) is 0 Å². The summed E-state index contributed by atoms with van der Waals surface area (Å²) < 4.78 is 0. The minimum Gasteiger partial charge on any atom is -0.324 e. The average molecular weight is 457 g/mol. The highest BCUT2D eigenvalue weighted by Gasteiger charge is 2.50. The van der Waals surface area contributed by atoms with E-state index in [9.17, 15) is 19.2 Å². The zero-order valence-electron chi connectivity index (χ0n) is 18.9. The van der Waals surface area contributed by atoms with Gasteiger partial charge in [0.15, 0.2) is 0 Å². The van der Waals surface area contributed by atoms with Crippen molar-refractivity contribution in [3.8, 4) is 0 Å². The van der Waals surface area contributed by atoms with Crippen LogP contribution in [0.1, 0.15) is 25.8 Å². The second-order valence-corrected chi connectivity index (χ2v) is 8.89. The van der Waals surface area contributed by atoms with E-state index in [1.165, 1.54) is 4.90 Å². The molecule has 0 radical (unpaired) electrons. The molecule has 34 heavy (non-hydrogen) atoms. The number of amides is 5. The molecule has 2 N–H and O–H groups in total. The number of imide groups is 1. The molecule has 1 fully saturated rings. The SMILES string of the molecule is C[C@H]1CC(=O)Nc2ccccc2N1C(=O)CN1C(=O)N[C@@](C)(c2ccc3ccccc3c2)C1=O. The Morgan fingerprint density at radius 2 is 1.71 bits per heavy atom. The van der Waals surface area contributed by atoms with Crippen LogP contribution >= 0.6 is 0 Å². The van der Waals surface area contributed by atoms with Gasteiger partial charge in [-0.05, 0) is 48.4 Å². The molecule has 5 amide bonds. The van der Waals surface area contributed by atoms with Crippen molar-refractivity contribution in [3.63, 3.8) is 0 Å². The summed E-state index contributed by atoms with van der Waals surface area (Å²) in [5, 5.41) is 7.55. The van der Waals surface area contributed by atoms with Crippen LogP contribution in [0.25, 0.3) is 10.8 Å². The molecule has 5 rings (SSSR count). The van der Waals surface area contributed by atoms with Crippen LogP contribution in [0, 0.1) is 0 Å². The van der Waals surface area contributed by atoms with Crippen molar-refractivity contribution >= 4 is 45.9 Å². The fourth-order valence-corrected chi connectivity index (χ4v) is 4.72. The molecule has 3 aromatic rings. The van der Waals surface area contributed by atoms with Gasteiger partial charge in [-0.2, -0.15) is 0 Å². The Balaban J connectivity index is 1.43. The van der Waals surface area contributed by atoms with Gasteiger partial charge < -0.3 is 15.5 Å². The number of fused-ring (bicyclic) bond motifs is 2. The van der Waals surface area contributed by atoms with E-state index in [2.05, 4.69) is 10.6 Å². The maximum Gasteiger partial charge on any atom is 0.325 e. The van der Waals surface area contributed by atoms with Crippen LogP contribution < -0.4 is 15.5 Å². The number of nitrogens with zero attached hydrogens (tertiary/aromatic N) is 2. The zero-order chi connectivity index (χ0) is 24.0. The molecule has 0 aromatic heterocycles. The van der Waals surface area contributed by atoms with Crippen LogP contribution in [0.4, 0.5) is 16.2 Å². The highest BCUT2D eigenvalue weighted by atomic mass is 16.2. The van der Waals surface area contributed by atoms with Crippen molar-refractivity contribution in [1.82, 2.24) is 10.2 Å². The Morgan fingerprint density at radius 3 is 2.50 bits per heavy atom. The molecule has 0 spiro atoms. The lowest BCUT2D eigenvalue weighted by Crippen LogP contribution is -2.47. The summed E-state index contributed by atoms with van der Waals surface area (Å²) in [4.78, 5) is 54.4. The molecule has 3 aromatic carbocycles. The fraction of sp³-hybridized carbons (Fsp3) is 0.231. The van der Waals surface area contributed by atoms with Gasteiger partial charge in [0.05, 0.1) is 11.4 Å². The lowest BCUT2D eigenvalue weighted by molar-refractivity contribution is -0.134. The topological polar surface area (TPSA) is 98.8 Å². The summed E-state index contributed by atoms with van der Waals surface area (Å²) in [5.74, 6) is -1.14. The molecule has 0 saturated carbocycles. The van der Waals surface area contributed by atoms with E-state index in [1.54, 1.807) is 38.1 Å². The number of hydrogen-bond donors (Lipinski definition) is 2. The lowest BCUT2D eigenvalue weighted by Gasteiger charge is -2.29. The van der Waals surface area contributed by atoms with Crippen LogP contribution in [-0.4, -0.2) is 41.2 Å². The number of urea groups is 1. The second-order valence-electron chi connectivity index (χ2n) is 8.89. The van der Waals surface area contributed by atoms with Gasteiger partial charge in [0.25, 0.3) is 5.91 Å². The Kier molecular flexibility index (Phi) is 5.08. The largest absolute Gasteiger partial charge is 0.325 e. The van der Waals surface area contributed by atoms with E-state index in [-0.39, 0.29) is 12.3 Å². The quantitative estimate of drug-likeness (QED) is 0.591. The standard InChI is InChI=1S/C26H24N4O4/c1-16-13-22(31)27-20-9-5-6-10-21(20)30(16)23(32)15-29-24(33)26(2,28-25(29)34)19-12-11-17-7-3-4-8-18(17)14-19/h3-12,14,16H,13,15H2,1-2H3,(H,27,31)(H,28,34)/t16-,26-/m0/s1. The summed E-state index contributed by atoms with van der Waals surface area (Å²) in [6.07, 6.45) is 0.107. The molecule has 2 aliphatic heterocycles. The Morgan fingerprint density at radius 1 is 1.00 bits per heavy atom. The molecular formula is C26H24N4O4. The maximum absolute atomic E-state index is 13.4. The molecule has 2 heterocycles. The first-order valence-electron chi connectivity index (χ1n) is 11.1. The van der Waals surface area contributed by atoms with Crippen molar-refractivity contribution in [2.24, 2.45) is 0 Å². The third-order valence-electron chi connectivity index (χ3n) is 6.52. The highest BCUT2D eigenvalue weighted by molar-refractivity contribution is 6.12. The zero-order valence-corrected chi connectivity index (χ0v) is 18.9. The molecular weight excluding hydrogens is 432 g/mol. The van der Waals surface area contributed by atoms with Gasteiger partial charge in [0.2, 0.25) is 11.8 Å². The van der Waals surface area contributed by atoms with Gasteiger partial charge in [-0.1, -0.05) is 48.5 Å². The molecule has 0 unspecified atom stereocenters. The molecule has 8 nitrogen and oxygen atoms in total.